The fourth-order valence-electron chi connectivity index (χ4n) is 3.76. The lowest BCUT2D eigenvalue weighted by Gasteiger charge is -2.22. The van der Waals surface area contributed by atoms with E-state index >= 15 is 0 Å². The van der Waals surface area contributed by atoms with Crippen LogP contribution in [0.4, 0.5) is 9.39 Å². The van der Waals surface area contributed by atoms with Crippen molar-refractivity contribution in [3.63, 3.8) is 0 Å². The smallest absolute Gasteiger partial charge is 0.246 e. The van der Waals surface area contributed by atoms with E-state index in [-0.39, 0.29) is 11.9 Å². The molecule has 0 fully saturated rings. The van der Waals surface area contributed by atoms with Crippen LogP contribution in [0.2, 0.25) is 0 Å². The second-order valence-electron chi connectivity index (χ2n) is 7.72. The van der Waals surface area contributed by atoms with Crippen LogP contribution >= 0.6 is 11.3 Å². The first kappa shape index (κ1) is 23.2. The Hall–Kier alpha value is -2.48. The molecule has 0 aliphatic rings. The molecule has 5 nitrogen and oxygen atoms in total. The number of ether oxygens (including phenoxy) is 1. The van der Waals surface area contributed by atoms with Gasteiger partial charge in [0, 0.05) is 31.3 Å². The maximum Gasteiger partial charge on any atom is 0.246 e. The van der Waals surface area contributed by atoms with Gasteiger partial charge in [-0.15, -0.1) is 11.3 Å². The highest BCUT2D eigenvalue weighted by atomic mass is 32.1. The largest absolute Gasteiger partial charge is 0.377 e. The van der Waals surface area contributed by atoms with E-state index in [1.807, 2.05) is 12.1 Å². The third-order valence-corrected chi connectivity index (χ3v) is 6.82. The van der Waals surface area contributed by atoms with Gasteiger partial charge in [0.05, 0.1) is 11.1 Å². The van der Waals surface area contributed by atoms with Crippen LogP contribution in [0.3, 0.4) is 0 Å². The molecule has 3 aromatic rings. The van der Waals surface area contributed by atoms with Gasteiger partial charge in [0.2, 0.25) is 5.91 Å². The zero-order valence-corrected chi connectivity index (χ0v) is 18.7. The fraction of sp³-hybridized carbons (Fsp3) is 0.375. The van der Waals surface area contributed by atoms with Crippen LogP contribution in [-0.4, -0.2) is 31.8 Å². The first-order chi connectivity index (χ1) is 15.0. The molecule has 31 heavy (non-hydrogen) atoms. The molecule has 0 bridgehead atoms. The summed E-state index contributed by atoms with van der Waals surface area (Å²) < 4.78 is 20.0. The Kier molecular flexibility index (Phi) is 8.40. The average molecular weight is 445 g/mol. The van der Waals surface area contributed by atoms with Gasteiger partial charge in [-0.25, -0.2) is 9.87 Å². The fourth-order valence-corrected chi connectivity index (χ4v) is 4.81. The molecule has 1 amide bonds. The van der Waals surface area contributed by atoms with Crippen molar-refractivity contribution >= 4 is 32.3 Å². The van der Waals surface area contributed by atoms with E-state index < -0.39 is 11.8 Å². The monoisotopic (exact) mass is 444 g/mol. The van der Waals surface area contributed by atoms with Crippen molar-refractivity contribution in [3.8, 4) is 0 Å². The SMILES string of the molecule is CO[C@H](C[C@H](CCCCN(C)c1cc2ccccc2s1)C(=O)NO)c1ccc(F)cc1. The van der Waals surface area contributed by atoms with Crippen molar-refractivity contribution in [1.29, 1.82) is 0 Å². The van der Waals surface area contributed by atoms with E-state index in [4.69, 9.17) is 9.94 Å². The van der Waals surface area contributed by atoms with E-state index in [9.17, 15) is 9.18 Å². The number of nitrogens with one attached hydrogen (secondary N) is 1. The molecule has 0 saturated carbocycles. The van der Waals surface area contributed by atoms with Gasteiger partial charge in [-0.3, -0.25) is 10.0 Å². The highest BCUT2D eigenvalue weighted by molar-refractivity contribution is 7.22. The second kappa shape index (κ2) is 11.2. The van der Waals surface area contributed by atoms with Crippen LogP contribution in [0.25, 0.3) is 10.1 Å². The van der Waals surface area contributed by atoms with Gasteiger partial charge in [0.15, 0.2) is 0 Å². The zero-order valence-electron chi connectivity index (χ0n) is 17.9. The molecular formula is C24H29FN2O3S. The number of hydroxylamine groups is 1. The number of benzene rings is 2. The van der Waals surface area contributed by atoms with E-state index in [2.05, 4.69) is 30.1 Å². The number of rotatable bonds is 11. The third-order valence-electron chi connectivity index (χ3n) is 5.59. The molecule has 0 unspecified atom stereocenters. The second-order valence-corrected chi connectivity index (χ2v) is 8.79. The van der Waals surface area contributed by atoms with Gasteiger partial charge in [-0.2, -0.15) is 0 Å². The number of thiophene rings is 1. The van der Waals surface area contributed by atoms with Crippen LogP contribution in [0, 0.1) is 11.7 Å². The summed E-state index contributed by atoms with van der Waals surface area (Å²) in [5.74, 6) is -1.12. The molecule has 0 aliphatic heterocycles. The molecule has 7 heteroatoms. The lowest BCUT2D eigenvalue weighted by Crippen LogP contribution is -2.29. The van der Waals surface area contributed by atoms with Crippen molar-refractivity contribution in [2.24, 2.45) is 5.92 Å². The number of methoxy groups -OCH3 is 1. The number of carbonyl (C=O) groups excluding carboxylic acids is 1. The van der Waals surface area contributed by atoms with E-state index in [0.717, 1.165) is 24.9 Å². The van der Waals surface area contributed by atoms with E-state index in [0.29, 0.717) is 12.8 Å². The highest BCUT2D eigenvalue weighted by Gasteiger charge is 2.24. The van der Waals surface area contributed by atoms with Gasteiger partial charge in [-0.05, 0) is 54.5 Å². The Balaban J connectivity index is 1.53. The number of halogens is 1. The Morgan fingerprint density at radius 2 is 1.94 bits per heavy atom. The normalized spacial score (nSPS) is 13.2. The number of nitrogens with zero attached hydrogens (tertiary/aromatic N) is 1. The molecule has 1 aromatic heterocycles. The minimum Gasteiger partial charge on any atom is -0.377 e. The number of fused-ring (bicyclic) bond motifs is 1. The Bertz CT molecular complexity index is 943. The minimum absolute atomic E-state index is 0.314. The summed E-state index contributed by atoms with van der Waals surface area (Å²) in [7, 11) is 3.65. The number of hydrogen-bond acceptors (Lipinski definition) is 5. The Morgan fingerprint density at radius 3 is 2.61 bits per heavy atom. The minimum atomic E-state index is -0.415. The molecule has 2 aromatic carbocycles. The summed E-state index contributed by atoms with van der Waals surface area (Å²) in [4.78, 5) is 14.5. The summed E-state index contributed by atoms with van der Waals surface area (Å²) in [5, 5.41) is 11.6. The number of hydrogen-bond donors (Lipinski definition) is 2. The van der Waals surface area contributed by atoms with Crippen LogP contribution in [0.5, 0.6) is 0 Å². The molecule has 2 N–H and O–H groups in total. The van der Waals surface area contributed by atoms with Crippen LogP contribution < -0.4 is 10.4 Å². The Labute approximate surface area is 186 Å². The molecule has 166 valence electrons. The van der Waals surface area contributed by atoms with Gasteiger partial charge in [0.25, 0.3) is 0 Å². The molecule has 0 saturated heterocycles. The van der Waals surface area contributed by atoms with Crippen LogP contribution in [0.15, 0.2) is 54.6 Å². The van der Waals surface area contributed by atoms with Crippen LogP contribution in [0.1, 0.15) is 37.4 Å². The van der Waals surface area contributed by atoms with E-state index in [1.165, 1.54) is 27.2 Å². The van der Waals surface area contributed by atoms with Crippen molar-refractivity contribution in [2.45, 2.75) is 31.8 Å². The number of carbonyl (C=O) groups is 1. The quantitative estimate of drug-likeness (QED) is 0.231. The van der Waals surface area contributed by atoms with Crippen LogP contribution in [-0.2, 0) is 9.53 Å². The number of anilines is 1. The van der Waals surface area contributed by atoms with Crippen molar-refractivity contribution in [2.75, 3.05) is 25.6 Å². The predicted molar refractivity (Wildman–Crippen MR) is 123 cm³/mol. The first-order valence-corrected chi connectivity index (χ1v) is 11.3. The zero-order chi connectivity index (χ0) is 22.2. The summed E-state index contributed by atoms with van der Waals surface area (Å²) in [6, 6.07) is 16.6. The number of unbranched alkanes of at least 4 members (excludes halogenated alkanes) is 1. The maximum absolute atomic E-state index is 13.2. The lowest BCUT2D eigenvalue weighted by molar-refractivity contribution is -0.135. The average Bonchev–Trinajstić information content (AvgIpc) is 3.23. The van der Waals surface area contributed by atoms with Gasteiger partial charge < -0.3 is 9.64 Å². The van der Waals surface area contributed by atoms with Gasteiger partial charge >= 0.3 is 0 Å². The van der Waals surface area contributed by atoms with Gasteiger partial charge in [0.1, 0.15) is 5.82 Å². The molecule has 0 aliphatic carbocycles. The van der Waals surface area contributed by atoms with E-state index in [1.54, 1.807) is 36.1 Å². The molecule has 0 radical (unpaired) electrons. The molecular weight excluding hydrogens is 415 g/mol. The summed E-state index contributed by atoms with van der Waals surface area (Å²) >= 11 is 1.77. The standard InChI is InChI=1S/C24H29FN2O3S/c1-27(23-16-18-7-3-4-9-22(18)31-23)14-6-5-8-19(24(28)26-29)15-21(30-2)17-10-12-20(25)13-11-17/h3-4,7,9-13,16,19,21,29H,5-6,8,14-15H2,1-2H3,(H,26,28)/t19-,21+/m0/s1. The summed E-state index contributed by atoms with van der Waals surface area (Å²) in [6.45, 7) is 0.881. The van der Waals surface area contributed by atoms with Crippen molar-refractivity contribution in [1.82, 2.24) is 5.48 Å². The summed E-state index contributed by atoms with van der Waals surface area (Å²) in [6.07, 6.45) is 2.47. The predicted octanol–water partition coefficient (Wildman–Crippen LogP) is 5.55. The topological polar surface area (TPSA) is 61.8 Å². The third kappa shape index (κ3) is 6.26. The molecule has 3 rings (SSSR count). The number of amides is 1. The van der Waals surface area contributed by atoms with Crippen molar-refractivity contribution < 1.29 is 19.1 Å². The van der Waals surface area contributed by atoms with Gasteiger partial charge in [-0.1, -0.05) is 36.8 Å². The first-order valence-electron chi connectivity index (χ1n) is 10.4. The summed E-state index contributed by atoms with van der Waals surface area (Å²) in [5.41, 5.74) is 2.59. The lowest BCUT2D eigenvalue weighted by atomic mass is 9.91. The van der Waals surface area contributed by atoms with Crippen molar-refractivity contribution in [3.05, 3.63) is 66.0 Å². The Morgan fingerprint density at radius 1 is 1.19 bits per heavy atom. The maximum atomic E-state index is 13.2. The highest BCUT2D eigenvalue weighted by Crippen LogP contribution is 2.32. The molecule has 1 heterocycles. The molecule has 0 spiro atoms. The molecule has 2 atom stereocenters.